The van der Waals surface area contributed by atoms with E-state index in [4.69, 9.17) is 10.5 Å². The minimum Gasteiger partial charge on any atom is -0.494 e. The van der Waals surface area contributed by atoms with E-state index < -0.39 is 0 Å². The van der Waals surface area contributed by atoms with Gasteiger partial charge in [0.2, 0.25) is 0 Å². The molecule has 0 aliphatic heterocycles. The maximum absolute atomic E-state index is 6.03. The van der Waals surface area contributed by atoms with Gasteiger partial charge in [0.15, 0.2) is 0 Å². The average Bonchev–Trinajstić information content (AvgIpc) is 2.30. The Labute approximate surface area is 97.8 Å². The van der Waals surface area contributed by atoms with Crippen molar-refractivity contribution in [3.8, 4) is 5.75 Å². The highest BCUT2D eigenvalue weighted by molar-refractivity contribution is 5.31. The zero-order valence-electron chi connectivity index (χ0n) is 9.99. The summed E-state index contributed by atoms with van der Waals surface area (Å²) in [5.74, 6) is 1.61. The van der Waals surface area contributed by atoms with Gasteiger partial charge in [0, 0.05) is 6.04 Å². The molecule has 2 N–H and O–H groups in total. The topological polar surface area (TPSA) is 35.2 Å². The molecular weight excluding hydrogens is 198 g/mol. The van der Waals surface area contributed by atoms with Gasteiger partial charge in [-0.25, -0.2) is 0 Å². The zero-order valence-corrected chi connectivity index (χ0v) is 9.99. The molecule has 2 nitrogen and oxygen atoms in total. The van der Waals surface area contributed by atoms with Crippen molar-refractivity contribution in [2.45, 2.75) is 44.6 Å². The quantitative estimate of drug-likeness (QED) is 0.848. The van der Waals surface area contributed by atoms with Gasteiger partial charge in [-0.05, 0) is 49.8 Å². The van der Waals surface area contributed by atoms with E-state index in [0.717, 1.165) is 18.8 Å². The number of nitrogens with two attached hydrogens (primary N) is 1. The van der Waals surface area contributed by atoms with Crippen LogP contribution in [0, 0.1) is 0 Å². The Hall–Kier alpha value is -1.02. The second kappa shape index (κ2) is 5.35. The summed E-state index contributed by atoms with van der Waals surface area (Å²) in [6.07, 6.45) is 4.82. The smallest absolute Gasteiger partial charge is 0.119 e. The molecule has 1 aromatic carbocycles. The van der Waals surface area contributed by atoms with Gasteiger partial charge in [-0.15, -0.1) is 0 Å². The maximum atomic E-state index is 6.03. The Morgan fingerprint density at radius 2 is 2.25 bits per heavy atom. The predicted octanol–water partition coefficient (Wildman–Crippen LogP) is 3.07. The Morgan fingerprint density at radius 3 is 3.00 bits per heavy atom. The van der Waals surface area contributed by atoms with Crippen molar-refractivity contribution in [2.75, 3.05) is 6.61 Å². The molecule has 1 aliphatic rings. The van der Waals surface area contributed by atoms with Crippen molar-refractivity contribution in [2.24, 2.45) is 5.73 Å². The molecule has 0 heterocycles. The van der Waals surface area contributed by atoms with Crippen molar-refractivity contribution < 1.29 is 4.74 Å². The number of hydrogen-bond acceptors (Lipinski definition) is 2. The van der Waals surface area contributed by atoms with Gasteiger partial charge in [0.25, 0.3) is 0 Å². The van der Waals surface area contributed by atoms with Crippen molar-refractivity contribution in [3.05, 3.63) is 29.8 Å². The molecule has 1 saturated carbocycles. The van der Waals surface area contributed by atoms with Crippen LogP contribution in [0.3, 0.4) is 0 Å². The molecule has 1 fully saturated rings. The molecule has 0 radical (unpaired) electrons. The molecule has 0 spiro atoms. The van der Waals surface area contributed by atoms with Crippen molar-refractivity contribution in [1.82, 2.24) is 0 Å². The first-order valence-electron chi connectivity index (χ1n) is 6.28. The Bertz CT molecular complexity index is 337. The summed E-state index contributed by atoms with van der Waals surface area (Å²) in [6.45, 7) is 2.75. The highest BCUT2D eigenvalue weighted by atomic mass is 16.5. The van der Waals surface area contributed by atoms with Gasteiger partial charge in [-0.2, -0.15) is 0 Å². The van der Waals surface area contributed by atoms with Crippen LogP contribution in [0.5, 0.6) is 5.75 Å². The molecule has 2 heteroatoms. The van der Waals surface area contributed by atoms with Gasteiger partial charge < -0.3 is 10.5 Å². The van der Waals surface area contributed by atoms with Crippen LogP contribution in [0.25, 0.3) is 0 Å². The Balaban J connectivity index is 2.09. The maximum Gasteiger partial charge on any atom is 0.119 e. The second-order valence-corrected chi connectivity index (χ2v) is 4.63. The summed E-state index contributed by atoms with van der Waals surface area (Å²) < 4.78 is 5.53. The molecule has 0 amide bonds. The monoisotopic (exact) mass is 219 g/mol. The first-order chi connectivity index (χ1) is 7.79. The number of ether oxygens (including phenoxy) is 1. The van der Waals surface area contributed by atoms with Crippen molar-refractivity contribution in [1.29, 1.82) is 0 Å². The van der Waals surface area contributed by atoms with Crippen molar-refractivity contribution >= 4 is 0 Å². The largest absolute Gasteiger partial charge is 0.494 e. The lowest BCUT2D eigenvalue weighted by molar-refractivity contribution is 0.338. The van der Waals surface area contributed by atoms with E-state index in [1.54, 1.807) is 0 Å². The zero-order chi connectivity index (χ0) is 11.4. The van der Waals surface area contributed by atoms with Gasteiger partial charge in [0.1, 0.15) is 5.75 Å². The van der Waals surface area contributed by atoms with E-state index in [9.17, 15) is 0 Å². The second-order valence-electron chi connectivity index (χ2n) is 4.63. The molecular formula is C14H21NO. The summed E-state index contributed by atoms with van der Waals surface area (Å²) in [5, 5.41) is 0. The first-order valence-corrected chi connectivity index (χ1v) is 6.28. The van der Waals surface area contributed by atoms with E-state index in [2.05, 4.69) is 18.2 Å². The molecule has 16 heavy (non-hydrogen) atoms. The first kappa shape index (κ1) is 11.5. The molecule has 1 aliphatic carbocycles. The third-order valence-corrected chi connectivity index (χ3v) is 3.36. The van der Waals surface area contributed by atoms with Gasteiger partial charge in [-0.1, -0.05) is 18.6 Å². The van der Waals surface area contributed by atoms with Crippen LogP contribution in [0.1, 0.15) is 44.1 Å². The SMILES string of the molecule is CCOc1cccc(C2CCCC(N)C2)c1. The summed E-state index contributed by atoms with van der Waals surface area (Å²) in [5.41, 5.74) is 7.42. The van der Waals surface area contributed by atoms with E-state index in [1.807, 2.05) is 13.0 Å². The van der Waals surface area contributed by atoms with Gasteiger partial charge in [-0.3, -0.25) is 0 Å². The van der Waals surface area contributed by atoms with Gasteiger partial charge >= 0.3 is 0 Å². The lowest BCUT2D eigenvalue weighted by Crippen LogP contribution is -2.26. The molecule has 0 aromatic heterocycles. The molecule has 2 unspecified atom stereocenters. The number of hydrogen-bond donors (Lipinski definition) is 1. The highest BCUT2D eigenvalue weighted by Gasteiger charge is 2.20. The van der Waals surface area contributed by atoms with E-state index in [-0.39, 0.29) is 0 Å². The third-order valence-electron chi connectivity index (χ3n) is 3.36. The van der Waals surface area contributed by atoms with Crippen LogP contribution >= 0.6 is 0 Å². The van der Waals surface area contributed by atoms with Crippen LogP contribution in [-0.4, -0.2) is 12.6 Å². The number of benzene rings is 1. The summed E-state index contributed by atoms with van der Waals surface area (Å²) in [6, 6.07) is 8.86. The standard InChI is InChI=1S/C14H21NO/c1-2-16-14-8-4-6-12(10-14)11-5-3-7-13(15)9-11/h4,6,8,10-11,13H,2-3,5,7,9,15H2,1H3. The van der Waals surface area contributed by atoms with Crippen LogP contribution < -0.4 is 10.5 Å². The molecule has 1 aromatic rings. The van der Waals surface area contributed by atoms with Crippen LogP contribution in [-0.2, 0) is 0 Å². The Kier molecular flexibility index (Phi) is 3.83. The van der Waals surface area contributed by atoms with E-state index in [0.29, 0.717) is 12.0 Å². The molecule has 0 bridgehead atoms. The van der Waals surface area contributed by atoms with Crippen LogP contribution in [0.2, 0.25) is 0 Å². The minimum atomic E-state index is 0.384. The highest BCUT2D eigenvalue weighted by Crippen LogP contribution is 2.33. The van der Waals surface area contributed by atoms with E-state index in [1.165, 1.54) is 24.8 Å². The van der Waals surface area contributed by atoms with Gasteiger partial charge in [0.05, 0.1) is 6.61 Å². The predicted molar refractivity (Wildman–Crippen MR) is 66.8 cm³/mol. The van der Waals surface area contributed by atoms with E-state index >= 15 is 0 Å². The Morgan fingerprint density at radius 1 is 1.38 bits per heavy atom. The van der Waals surface area contributed by atoms with Crippen LogP contribution in [0.15, 0.2) is 24.3 Å². The molecule has 2 rings (SSSR count). The average molecular weight is 219 g/mol. The fourth-order valence-corrected chi connectivity index (χ4v) is 2.56. The lowest BCUT2D eigenvalue weighted by atomic mass is 9.82. The summed E-state index contributed by atoms with van der Waals surface area (Å²) in [4.78, 5) is 0. The van der Waals surface area contributed by atoms with Crippen molar-refractivity contribution in [3.63, 3.8) is 0 Å². The third kappa shape index (κ3) is 2.76. The molecule has 2 atom stereocenters. The normalized spacial score (nSPS) is 25.4. The lowest BCUT2D eigenvalue weighted by Gasteiger charge is -2.27. The fraction of sp³-hybridized carbons (Fsp3) is 0.571. The molecule has 0 saturated heterocycles. The summed E-state index contributed by atoms with van der Waals surface area (Å²) in [7, 11) is 0. The molecule has 88 valence electrons. The summed E-state index contributed by atoms with van der Waals surface area (Å²) >= 11 is 0. The fourth-order valence-electron chi connectivity index (χ4n) is 2.56. The minimum absolute atomic E-state index is 0.384. The number of rotatable bonds is 3. The van der Waals surface area contributed by atoms with Crippen LogP contribution in [0.4, 0.5) is 0 Å².